The van der Waals surface area contributed by atoms with Crippen molar-refractivity contribution in [1.82, 2.24) is 37.4 Å². The van der Waals surface area contributed by atoms with Crippen molar-refractivity contribution in [1.29, 1.82) is 0 Å². The zero-order valence-corrected chi connectivity index (χ0v) is 61.3. The van der Waals surface area contributed by atoms with Crippen LogP contribution in [0.25, 0.3) is 76.5 Å². The molecule has 9 heterocycles. The zero-order valence-electron chi connectivity index (χ0n) is 57.2. The Kier molecular flexibility index (Phi) is 21.3. The molecule has 15 aromatic rings. The molecule has 0 bridgehead atoms. The molecule has 0 aliphatic carbocycles. The molecule has 538 valence electrons. The summed E-state index contributed by atoms with van der Waals surface area (Å²) in [5.74, 6) is -1.07. The third kappa shape index (κ3) is 15.3. The lowest BCUT2D eigenvalue weighted by Gasteiger charge is -2.33. The Morgan fingerprint density at radius 1 is 0.486 bits per heavy atom. The number of hydrogen-bond acceptors (Lipinski definition) is 31. The van der Waals surface area contributed by atoms with Crippen LogP contribution in [0.4, 0.5) is 65.5 Å². The SMILES string of the molecule is CC1(C)CC(=O)Nc2c(N=Nc3snc4ncccc34)ccc(O)c21.CCNc1cccc2c(O)c(C(N)=O)cc(N=Nc3snc4ncccc34)c12.CCNc1cccc2c(O)c(S(N)(=O)=O)cc(N=Nc3snc4ncccc34)c12.CCNc1cccc2c(O)ccc(N=Nc3snc4ncccc34)c12. The maximum atomic E-state index is 12.0. The molecule has 0 fully saturated rings. The van der Waals surface area contributed by atoms with Crippen LogP contribution in [0.1, 0.15) is 57.0 Å². The fourth-order valence-corrected chi connectivity index (χ4v) is 15.1. The Labute approximate surface area is 624 Å². The first-order chi connectivity index (χ1) is 51.7. The minimum absolute atomic E-state index is 0.00840. The van der Waals surface area contributed by atoms with Gasteiger partial charge in [-0.05, 0) is 170 Å². The average molecular weight is 1520 g/mol. The number of benzene rings is 7. The van der Waals surface area contributed by atoms with E-state index in [4.69, 9.17) is 10.9 Å². The van der Waals surface area contributed by atoms with Crippen LogP contribution in [0.2, 0.25) is 0 Å². The van der Waals surface area contributed by atoms with Gasteiger partial charge in [-0.1, -0.05) is 50.2 Å². The fourth-order valence-electron chi connectivity index (χ4n) is 11.8. The van der Waals surface area contributed by atoms with E-state index < -0.39 is 32.0 Å². The van der Waals surface area contributed by atoms with Crippen LogP contribution in [0.5, 0.6) is 23.0 Å². The molecular formula is C72H62N22O8S5. The number of carbonyl (C=O) groups excluding carboxylic acids is 2. The first-order valence-electron chi connectivity index (χ1n) is 32.7. The molecule has 0 unspecified atom stereocenters. The van der Waals surface area contributed by atoms with Gasteiger partial charge >= 0.3 is 0 Å². The van der Waals surface area contributed by atoms with E-state index in [2.05, 4.69) is 99.6 Å². The van der Waals surface area contributed by atoms with Crippen LogP contribution in [0.3, 0.4) is 0 Å². The monoisotopic (exact) mass is 1520 g/mol. The number of primary amides is 1. The highest BCUT2D eigenvalue weighted by atomic mass is 32.2. The van der Waals surface area contributed by atoms with Crippen LogP contribution in [0.15, 0.2) is 210 Å². The third-order valence-electron chi connectivity index (χ3n) is 16.5. The number of primary sulfonamides is 1. The van der Waals surface area contributed by atoms with Gasteiger partial charge in [0.2, 0.25) is 15.9 Å². The number of azo groups is 4. The first kappa shape index (κ1) is 72.7. The molecule has 0 spiro atoms. The molecule has 1 aliphatic rings. The van der Waals surface area contributed by atoms with Gasteiger partial charge in [-0.15, -0.1) is 40.9 Å². The lowest BCUT2D eigenvalue weighted by atomic mass is 9.77. The molecule has 35 heteroatoms. The van der Waals surface area contributed by atoms with E-state index in [1.54, 1.807) is 85.5 Å². The minimum Gasteiger partial charge on any atom is -0.508 e. The van der Waals surface area contributed by atoms with Crippen molar-refractivity contribution in [3.8, 4) is 23.0 Å². The molecule has 2 amide bonds. The second-order valence-corrected chi connectivity index (χ2v) is 28.6. The molecule has 0 saturated heterocycles. The fraction of sp³-hybridized carbons (Fsp3) is 0.139. The number of phenolic OH excluding ortho intramolecular Hbond substituents is 3. The molecule has 7 aromatic carbocycles. The number of hydrogen-bond donors (Lipinski definition) is 10. The quantitative estimate of drug-likeness (QED) is 0.0402. The van der Waals surface area contributed by atoms with Crippen molar-refractivity contribution in [3.05, 3.63) is 175 Å². The van der Waals surface area contributed by atoms with E-state index >= 15 is 0 Å². The van der Waals surface area contributed by atoms with Gasteiger partial charge in [-0.2, -0.15) is 17.5 Å². The number of anilines is 4. The summed E-state index contributed by atoms with van der Waals surface area (Å²) in [6, 6.07) is 40.3. The summed E-state index contributed by atoms with van der Waals surface area (Å²) >= 11 is 4.80. The summed E-state index contributed by atoms with van der Waals surface area (Å²) in [6.07, 6.45) is 6.99. The van der Waals surface area contributed by atoms with Crippen molar-refractivity contribution >= 4 is 210 Å². The van der Waals surface area contributed by atoms with Gasteiger partial charge in [0.05, 0.1) is 49.9 Å². The molecule has 0 atom stereocenters. The number of amides is 2. The Morgan fingerprint density at radius 3 is 1.29 bits per heavy atom. The van der Waals surface area contributed by atoms with E-state index in [0.29, 0.717) is 118 Å². The van der Waals surface area contributed by atoms with Crippen molar-refractivity contribution in [2.24, 2.45) is 51.8 Å². The largest absolute Gasteiger partial charge is 0.508 e. The zero-order chi connectivity index (χ0) is 75.1. The molecule has 12 N–H and O–H groups in total. The topological polar surface area (TPSA) is 451 Å². The van der Waals surface area contributed by atoms with Gasteiger partial charge in [0.15, 0.2) is 42.6 Å². The predicted molar refractivity (Wildman–Crippen MR) is 420 cm³/mol. The van der Waals surface area contributed by atoms with Crippen molar-refractivity contribution in [2.75, 3.05) is 40.9 Å². The number of rotatable bonds is 16. The number of fused-ring (bicyclic) bond motifs is 8. The van der Waals surface area contributed by atoms with Crippen molar-refractivity contribution in [2.45, 2.75) is 51.3 Å². The van der Waals surface area contributed by atoms with Crippen molar-refractivity contribution < 1.29 is 38.4 Å². The van der Waals surface area contributed by atoms with Gasteiger partial charge in [-0.3, -0.25) is 9.59 Å². The van der Waals surface area contributed by atoms with E-state index in [1.807, 2.05) is 101 Å². The van der Waals surface area contributed by atoms with Crippen LogP contribution < -0.4 is 32.1 Å². The Hall–Kier alpha value is -12.7. The molecule has 0 radical (unpaired) electrons. The summed E-state index contributed by atoms with van der Waals surface area (Å²) in [5, 5.41) is 103. The average Bonchev–Trinajstić information content (AvgIpc) is 1.78. The van der Waals surface area contributed by atoms with Crippen molar-refractivity contribution in [3.63, 3.8) is 0 Å². The highest BCUT2D eigenvalue weighted by molar-refractivity contribution is 7.89. The van der Waals surface area contributed by atoms with Crippen LogP contribution in [-0.4, -0.2) is 97.7 Å². The van der Waals surface area contributed by atoms with Gasteiger partial charge in [0, 0.05) is 111 Å². The third-order valence-corrected chi connectivity index (χ3v) is 20.4. The number of carbonyl (C=O) groups is 2. The number of aromatic hydroxyl groups is 4. The second-order valence-electron chi connectivity index (χ2n) is 24.0. The summed E-state index contributed by atoms with van der Waals surface area (Å²) in [6.45, 7) is 11.8. The minimum atomic E-state index is -4.17. The molecule has 8 aromatic heterocycles. The first-order valence-corrected chi connectivity index (χ1v) is 37.4. The molecule has 0 saturated carbocycles. The van der Waals surface area contributed by atoms with E-state index in [1.165, 1.54) is 46.7 Å². The maximum Gasteiger partial charge on any atom is 0.252 e. The Morgan fingerprint density at radius 2 is 0.860 bits per heavy atom. The molecule has 1 aliphatic heterocycles. The molecule has 107 heavy (non-hydrogen) atoms. The van der Waals surface area contributed by atoms with E-state index in [-0.39, 0.29) is 34.4 Å². The van der Waals surface area contributed by atoms with Gasteiger partial charge in [0.25, 0.3) is 5.91 Å². The number of phenols is 4. The van der Waals surface area contributed by atoms with Crippen LogP contribution in [0, 0.1) is 0 Å². The van der Waals surface area contributed by atoms with Gasteiger partial charge < -0.3 is 47.4 Å². The van der Waals surface area contributed by atoms with Crippen LogP contribution in [-0.2, 0) is 20.2 Å². The molecule has 16 rings (SSSR count). The number of nitrogens with two attached hydrogens (primary N) is 2. The summed E-state index contributed by atoms with van der Waals surface area (Å²) in [7, 11) is -4.17. The lowest BCUT2D eigenvalue weighted by molar-refractivity contribution is -0.117. The van der Waals surface area contributed by atoms with E-state index in [0.717, 1.165) is 61.8 Å². The predicted octanol–water partition coefficient (Wildman–Crippen LogP) is 18.4. The molecule has 30 nitrogen and oxygen atoms in total. The van der Waals surface area contributed by atoms with Gasteiger partial charge in [0.1, 0.15) is 33.6 Å². The standard InChI is InChI=1S/C19H16N6O2S.C18H16N6O3S2.C18H15N5OS.C17H15N5O2S/c1-2-21-13-7-3-5-10-15(13)14(9-12(16(10)26)17(20)27)23-24-19-11-6-4-8-22-18(11)25-28-19;1-2-20-12-7-3-5-10-15(12)13(9-14(16(10)25)29(19,26)27)22-23-18-11-6-4-8-21-17(11)24-28-18;1-2-19-13-7-3-5-11-15(24)9-8-14(16(11)13)21-22-18-12-6-4-10-20-17(12)23-25-18;1-17(2)8-12(24)19-14-10(5-6-11(23)13(14)17)20-21-16-9-4-3-7-18-15(9)22-25-16/h3-9,21,26H,2H2,1H3,(H2,20,27);3-9,20,25H,2H2,1H3,(H2,19,26,27);3-10,19,24H,2H2,1H3;3-7,23H,8H2,1-2H3,(H,19,24). The number of sulfonamides is 1. The number of nitrogens with one attached hydrogen (secondary N) is 4. The number of nitrogens with zero attached hydrogens (tertiary/aromatic N) is 16. The Bertz CT molecular complexity index is 6200. The Balaban J connectivity index is 0.000000126. The maximum absolute atomic E-state index is 12.0. The van der Waals surface area contributed by atoms with Crippen LogP contribution >= 0.6 is 46.1 Å². The highest BCUT2D eigenvalue weighted by Crippen LogP contribution is 2.49. The summed E-state index contributed by atoms with van der Waals surface area (Å²) < 4.78 is 40.9. The summed E-state index contributed by atoms with van der Waals surface area (Å²) in [5.41, 5.74) is 12.8. The summed E-state index contributed by atoms with van der Waals surface area (Å²) in [4.78, 5) is 40.1. The normalized spacial score (nSPS) is 12.8. The highest BCUT2D eigenvalue weighted by Gasteiger charge is 2.36. The second kappa shape index (κ2) is 31.3. The smallest absolute Gasteiger partial charge is 0.252 e. The number of pyridine rings is 4. The van der Waals surface area contributed by atoms with Gasteiger partial charge in [-0.25, -0.2) is 33.5 Å². The number of aromatic nitrogens is 8. The lowest BCUT2D eigenvalue weighted by Crippen LogP contribution is -2.32. The van der Waals surface area contributed by atoms with E-state index in [9.17, 15) is 38.4 Å². The molecular weight excluding hydrogens is 1460 g/mol.